The van der Waals surface area contributed by atoms with Crippen LogP contribution in [0.4, 0.5) is 4.39 Å². The van der Waals surface area contributed by atoms with Crippen LogP contribution in [0.25, 0.3) is 22.3 Å². The summed E-state index contributed by atoms with van der Waals surface area (Å²) in [6.07, 6.45) is 6.32. The van der Waals surface area contributed by atoms with E-state index in [4.69, 9.17) is 0 Å². The summed E-state index contributed by atoms with van der Waals surface area (Å²) in [5, 5.41) is 9.75. The van der Waals surface area contributed by atoms with Crippen LogP contribution in [0.1, 0.15) is 55.8 Å². The quantitative estimate of drug-likeness (QED) is 0.441. The minimum absolute atomic E-state index is 0.196. The molecule has 5 heteroatoms. The summed E-state index contributed by atoms with van der Waals surface area (Å²) in [6, 6.07) is 17.1. The molecule has 1 aliphatic carbocycles. The zero-order valence-corrected chi connectivity index (χ0v) is 17.1. The summed E-state index contributed by atoms with van der Waals surface area (Å²) in [5.74, 6) is 2.96. The maximum absolute atomic E-state index is 13.8. The van der Waals surface area contributed by atoms with Gasteiger partial charge < -0.3 is 4.98 Å². The van der Waals surface area contributed by atoms with Crippen molar-refractivity contribution in [3.05, 3.63) is 78.0 Å². The van der Waals surface area contributed by atoms with Crippen LogP contribution < -0.4 is 0 Å². The van der Waals surface area contributed by atoms with Crippen LogP contribution in [-0.4, -0.2) is 20.2 Å². The Morgan fingerprint density at radius 2 is 1.77 bits per heavy atom. The lowest BCUT2D eigenvalue weighted by Crippen LogP contribution is -2.19. The largest absolute Gasteiger partial charge is 0.325 e. The van der Waals surface area contributed by atoms with Gasteiger partial charge in [-0.25, -0.2) is 4.39 Å². The van der Waals surface area contributed by atoms with E-state index in [1.807, 2.05) is 36.5 Å². The van der Waals surface area contributed by atoms with Crippen molar-refractivity contribution in [2.24, 2.45) is 5.92 Å². The number of nitrogens with one attached hydrogen (secondary N) is 1. The zero-order valence-electron chi connectivity index (χ0n) is 17.1. The Kier molecular flexibility index (Phi) is 5.03. The second kappa shape index (κ2) is 7.98. The van der Waals surface area contributed by atoms with Crippen LogP contribution in [0.2, 0.25) is 0 Å². The first-order chi connectivity index (χ1) is 14.7. The zero-order chi connectivity index (χ0) is 20.5. The molecular formula is C25H25FN4. The topological polar surface area (TPSA) is 54.5 Å². The highest BCUT2D eigenvalue weighted by molar-refractivity contribution is 5.82. The first kappa shape index (κ1) is 18.9. The predicted molar refractivity (Wildman–Crippen MR) is 117 cm³/mol. The Morgan fingerprint density at radius 3 is 2.57 bits per heavy atom. The van der Waals surface area contributed by atoms with Crippen LogP contribution in [0, 0.1) is 11.7 Å². The minimum Gasteiger partial charge on any atom is -0.325 e. The highest BCUT2D eigenvalue weighted by atomic mass is 19.1. The molecule has 4 nitrogen and oxygen atoms in total. The number of halogens is 1. The SMILES string of the molecule is C[C@@H](c1nnc(-c2ccccc2)[nH]1)C1CCC(c2ccnc3ccc(F)cc23)CC1. The predicted octanol–water partition coefficient (Wildman–Crippen LogP) is 6.24. The molecule has 30 heavy (non-hydrogen) atoms. The number of fused-ring (bicyclic) bond motifs is 1. The van der Waals surface area contributed by atoms with Gasteiger partial charge >= 0.3 is 0 Å². The molecule has 2 heterocycles. The summed E-state index contributed by atoms with van der Waals surface area (Å²) in [7, 11) is 0. The van der Waals surface area contributed by atoms with Crippen LogP contribution in [0.15, 0.2) is 60.8 Å². The lowest BCUT2D eigenvalue weighted by atomic mass is 9.73. The molecule has 2 aromatic carbocycles. The Hall–Kier alpha value is -3.08. The van der Waals surface area contributed by atoms with E-state index in [2.05, 4.69) is 33.2 Å². The molecule has 4 aromatic rings. The monoisotopic (exact) mass is 400 g/mol. The van der Waals surface area contributed by atoms with Crippen molar-refractivity contribution >= 4 is 10.9 Å². The molecule has 0 spiro atoms. The Morgan fingerprint density at radius 1 is 0.967 bits per heavy atom. The van der Waals surface area contributed by atoms with Crippen molar-refractivity contribution in [1.82, 2.24) is 20.2 Å². The summed E-state index contributed by atoms with van der Waals surface area (Å²) in [4.78, 5) is 7.83. The van der Waals surface area contributed by atoms with E-state index >= 15 is 0 Å². The molecule has 1 atom stereocenters. The van der Waals surface area contributed by atoms with Crippen molar-refractivity contribution in [3.63, 3.8) is 0 Å². The molecule has 1 aliphatic rings. The van der Waals surface area contributed by atoms with E-state index in [1.165, 1.54) is 11.6 Å². The third kappa shape index (κ3) is 3.60. The van der Waals surface area contributed by atoms with E-state index in [0.717, 1.165) is 53.8 Å². The molecule has 152 valence electrons. The van der Waals surface area contributed by atoms with E-state index in [1.54, 1.807) is 12.1 Å². The molecule has 0 aliphatic heterocycles. The van der Waals surface area contributed by atoms with Crippen LogP contribution in [0.5, 0.6) is 0 Å². The standard InChI is InChI=1S/C25H25FN4/c1-16(24-28-25(30-29-24)19-5-3-2-4-6-19)17-7-9-18(10-8-17)21-13-14-27-23-12-11-20(26)15-22(21)23/h2-6,11-18H,7-10H2,1H3,(H,28,29,30)/t16-,17?,18?/m1/s1. The average Bonchev–Trinajstić information content (AvgIpc) is 3.29. The molecule has 0 bridgehead atoms. The Bertz CT molecular complexity index is 1150. The molecule has 1 saturated carbocycles. The van der Waals surface area contributed by atoms with Crippen molar-refractivity contribution in [3.8, 4) is 11.4 Å². The number of hydrogen-bond donors (Lipinski definition) is 1. The fraction of sp³-hybridized carbons (Fsp3) is 0.320. The van der Waals surface area contributed by atoms with Crippen molar-refractivity contribution in [1.29, 1.82) is 0 Å². The number of aromatic nitrogens is 4. The van der Waals surface area contributed by atoms with Crippen molar-refractivity contribution in [2.45, 2.75) is 44.4 Å². The first-order valence-corrected chi connectivity index (χ1v) is 10.7. The van der Waals surface area contributed by atoms with Gasteiger partial charge in [-0.15, -0.1) is 10.2 Å². The molecule has 0 unspecified atom stereocenters. The normalized spacial score (nSPS) is 20.3. The number of nitrogens with zero attached hydrogens (tertiary/aromatic N) is 3. The minimum atomic E-state index is -0.196. The fourth-order valence-electron chi connectivity index (χ4n) is 4.86. The van der Waals surface area contributed by atoms with Gasteiger partial charge in [-0.3, -0.25) is 4.98 Å². The lowest BCUT2D eigenvalue weighted by Gasteiger charge is -2.32. The van der Waals surface area contributed by atoms with E-state index in [9.17, 15) is 4.39 Å². The summed E-state index contributed by atoms with van der Waals surface area (Å²) in [5.41, 5.74) is 3.17. The maximum atomic E-state index is 13.8. The second-order valence-corrected chi connectivity index (χ2v) is 8.39. The number of hydrogen-bond acceptors (Lipinski definition) is 3. The number of benzene rings is 2. The van der Waals surface area contributed by atoms with Crippen LogP contribution in [0.3, 0.4) is 0 Å². The summed E-state index contributed by atoms with van der Waals surface area (Å²) >= 11 is 0. The van der Waals surface area contributed by atoms with E-state index in [0.29, 0.717) is 17.8 Å². The molecular weight excluding hydrogens is 375 g/mol. The smallest absolute Gasteiger partial charge is 0.161 e. The van der Waals surface area contributed by atoms with Gasteiger partial charge in [0.1, 0.15) is 11.6 Å². The summed E-state index contributed by atoms with van der Waals surface area (Å²) < 4.78 is 13.8. The van der Waals surface area contributed by atoms with Gasteiger partial charge in [0.05, 0.1) is 5.52 Å². The number of H-pyrrole nitrogens is 1. The van der Waals surface area contributed by atoms with Gasteiger partial charge in [-0.05, 0) is 67.3 Å². The van der Waals surface area contributed by atoms with Gasteiger partial charge in [0.15, 0.2) is 5.82 Å². The van der Waals surface area contributed by atoms with Gasteiger partial charge in [-0.1, -0.05) is 37.3 Å². The van der Waals surface area contributed by atoms with E-state index in [-0.39, 0.29) is 5.82 Å². The molecule has 1 fully saturated rings. The third-order valence-corrected chi connectivity index (χ3v) is 6.64. The highest BCUT2D eigenvalue weighted by Gasteiger charge is 2.29. The fourth-order valence-corrected chi connectivity index (χ4v) is 4.86. The number of aromatic amines is 1. The number of pyridine rings is 1. The van der Waals surface area contributed by atoms with Crippen molar-refractivity contribution in [2.75, 3.05) is 0 Å². The van der Waals surface area contributed by atoms with Crippen LogP contribution in [-0.2, 0) is 0 Å². The molecule has 1 N–H and O–H groups in total. The van der Waals surface area contributed by atoms with Crippen molar-refractivity contribution < 1.29 is 4.39 Å². The molecule has 0 radical (unpaired) electrons. The highest BCUT2D eigenvalue weighted by Crippen LogP contribution is 2.42. The second-order valence-electron chi connectivity index (χ2n) is 8.39. The van der Waals surface area contributed by atoms with Crippen LogP contribution >= 0.6 is 0 Å². The first-order valence-electron chi connectivity index (χ1n) is 10.7. The molecule has 0 saturated heterocycles. The van der Waals surface area contributed by atoms with Gasteiger partial charge in [-0.2, -0.15) is 0 Å². The van der Waals surface area contributed by atoms with Gasteiger partial charge in [0.25, 0.3) is 0 Å². The van der Waals surface area contributed by atoms with E-state index < -0.39 is 0 Å². The van der Waals surface area contributed by atoms with Gasteiger partial charge in [0, 0.05) is 23.1 Å². The Balaban J connectivity index is 1.30. The third-order valence-electron chi connectivity index (χ3n) is 6.64. The number of rotatable bonds is 4. The molecule has 5 rings (SSSR count). The molecule has 2 aromatic heterocycles. The maximum Gasteiger partial charge on any atom is 0.161 e. The summed E-state index contributed by atoms with van der Waals surface area (Å²) in [6.45, 7) is 2.25. The molecule has 0 amide bonds. The van der Waals surface area contributed by atoms with Gasteiger partial charge in [0.2, 0.25) is 0 Å². The Labute approximate surface area is 175 Å². The average molecular weight is 401 g/mol. The lowest BCUT2D eigenvalue weighted by molar-refractivity contribution is 0.286.